The predicted octanol–water partition coefficient (Wildman–Crippen LogP) is -0.187. The molecule has 0 spiro atoms. The van der Waals surface area contributed by atoms with E-state index in [0.29, 0.717) is 12.1 Å². The van der Waals surface area contributed by atoms with Gasteiger partial charge in [0.2, 0.25) is 5.91 Å². The Kier molecular flexibility index (Phi) is 1.76. The van der Waals surface area contributed by atoms with E-state index in [9.17, 15) is 4.79 Å². The Morgan fingerprint density at radius 1 is 1.70 bits per heavy atom. The van der Waals surface area contributed by atoms with Crippen molar-refractivity contribution >= 4 is 5.91 Å². The van der Waals surface area contributed by atoms with Gasteiger partial charge in [0.25, 0.3) is 0 Å². The van der Waals surface area contributed by atoms with Crippen LogP contribution in [0.1, 0.15) is 13.8 Å². The number of aliphatic hydroxyl groups is 1. The monoisotopic (exact) mass is 141 g/mol. The van der Waals surface area contributed by atoms with Gasteiger partial charge in [0.15, 0.2) is 0 Å². The number of aliphatic hydroxyl groups excluding tert-OH is 1. The highest BCUT2D eigenvalue weighted by atomic mass is 16.3. The van der Waals surface area contributed by atoms with Crippen LogP contribution >= 0.6 is 0 Å². The van der Waals surface area contributed by atoms with Crippen molar-refractivity contribution in [2.45, 2.75) is 20.0 Å². The zero-order valence-electron chi connectivity index (χ0n) is 6.14. The number of carbonyl (C=O) groups excluding carboxylic acids is 1. The molecule has 0 radical (unpaired) electrons. The molecule has 1 aliphatic heterocycles. The van der Waals surface area contributed by atoms with E-state index in [1.807, 2.05) is 6.92 Å². The van der Waals surface area contributed by atoms with E-state index < -0.39 is 6.10 Å². The molecule has 1 atom stereocenters. The summed E-state index contributed by atoms with van der Waals surface area (Å²) in [4.78, 5) is 10.9. The SMILES string of the molecule is CC1=C(C(C)O)C(=O)NC1. The molecule has 0 saturated heterocycles. The smallest absolute Gasteiger partial charge is 0.250 e. The lowest BCUT2D eigenvalue weighted by molar-refractivity contribution is -0.117. The van der Waals surface area contributed by atoms with Crippen LogP contribution in [0.3, 0.4) is 0 Å². The van der Waals surface area contributed by atoms with Crippen LogP contribution in [-0.4, -0.2) is 23.7 Å². The summed E-state index contributed by atoms with van der Waals surface area (Å²) in [5.74, 6) is -0.132. The zero-order valence-corrected chi connectivity index (χ0v) is 6.14. The maximum Gasteiger partial charge on any atom is 0.250 e. The van der Waals surface area contributed by atoms with Crippen molar-refractivity contribution in [1.82, 2.24) is 5.32 Å². The van der Waals surface area contributed by atoms with Gasteiger partial charge in [-0.2, -0.15) is 0 Å². The summed E-state index contributed by atoms with van der Waals surface area (Å²) >= 11 is 0. The standard InChI is InChI=1S/C7H11NO2/c1-4-3-8-7(10)6(4)5(2)9/h5,9H,3H2,1-2H3,(H,8,10). The van der Waals surface area contributed by atoms with Crippen LogP contribution in [0.25, 0.3) is 0 Å². The number of rotatable bonds is 1. The summed E-state index contributed by atoms with van der Waals surface area (Å²) in [7, 11) is 0. The van der Waals surface area contributed by atoms with Crippen molar-refractivity contribution in [1.29, 1.82) is 0 Å². The van der Waals surface area contributed by atoms with Gasteiger partial charge in [-0.25, -0.2) is 0 Å². The summed E-state index contributed by atoms with van der Waals surface area (Å²) in [6.45, 7) is 4.03. The second-order valence-corrected chi connectivity index (χ2v) is 2.55. The third kappa shape index (κ3) is 1.04. The van der Waals surface area contributed by atoms with Crippen molar-refractivity contribution in [2.24, 2.45) is 0 Å². The van der Waals surface area contributed by atoms with E-state index in [-0.39, 0.29) is 5.91 Å². The van der Waals surface area contributed by atoms with Crippen LogP contribution in [0.2, 0.25) is 0 Å². The molecule has 1 amide bonds. The Hall–Kier alpha value is -0.830. The summed E-state index contributed by atoms with van der Waals surface area (Å²) in [5.41, 5.74) is 1.47. The average molecular weight is 141 g/mol. The van der Waals surface area contributed by atoms with Gasteiger partial charge in [-0.15, -0.1) is 0 Å². The fraction of sp³-hybridized carbons (Fsp3) is 0.571. The maximum atomic E-state index is 10.9. The molecule has 2 N–H and O–H groups in total. The first-order chi connectivity index (χ1) is 4.63. The maximum absolute atomic E-state index is 10.9. The topological polar surface area (TPSA) is 49.3 Å². The van der Waals surface area contributed by atoms with Gasteiger partial charge in [0.1, 0.15) is 0 Å². The zero-order chi connectivity index (χ0) is 7.72. The van der Waals surface area contributed by atoms with E-state index >= 15 is 0 Å². The van der Waals surface area contributed by atoms with Gasteiger partial charge in [0, 0.05) is 12.1 Å². The quantitative estimate of drug-likeness (QED) is 0.532. The molecule has 3 nitrogen and oxygen atoms in total. The van der Waals surface area contributed by atoms with Crippen molar-refractivity contribution < 1.29 is 9.90 Å². The summed E-state index contributed by atoms with van der Waals surface area (Å²) in [6, 6.07) is 0. The fourth-order valence-corrected chi connectivity index (χ4v) is 1.14. The third-order valence-corrected chi connectivity index (χ3v) is 1.64. The van der Waals surface area contributed by atoms with Crippen molar-refractivity contribution in [3.63, 3.8) is 0 Å². The summed E-state index contributed by atoms with van der Waals surface area (Å²) in [5, 5.41) is 11.7. The van der Waals surface area contributed by atoms with Gasteiger partial charge < -0.3 is 10.4 Å². The second-order valence-electron chi connectivity index (χ2n) is 2.55. The minimum Gasteiger partial charge on any atom is -0.389 e. The lowest BCUT2D eigenvalue weighted by atomic mass is 10.1. The van der Waals surface area contributed by atoms with Crippen LogP contribution in [0, 0.1) is 0 Å². The summed E-state index contributed by atoms with van der Waals surface area (Å²) in [6.07, 6.45) is -0.637. The molecule has 1 rings (SSSR count). The number of carbonyl (C=O) groups is 1. The molecule has 3 heteroatoms. The molecule has 0 aromatic heterocycles. The van der Waals surface area contributed by atoms with E-state index in [0.717, 1.165) is 5.57 Å². The Labute approximate surface area is 59.7 Å². The summed E-state index contributed by atoms with van der Waals surface area (Å²) < 4.78 is 0. The Morgan fingerprint density at radius 2 is 2.30 bits per heavy atom. The molecule has 0 aliphatic carbocycles. The molecule has 56 valence electrons. The lowest BCUT2D eigenvalue weighted by Crippen LogP contribution is -2.21. The highest BCUT2D eigenvalue weighted by molar-refractivity contribution is 5.97. The molecule has 0 bridgehead atoms. The first-order valence-electron chi connectivity index (χ1n) is 3.29. The number of nitrogens with one attached hydrogen (secondary N) is 1. The van der Waals surface area contributed by atoms with E-state index in [1.165, 1.54) is 0 Å². The molecule has 10 heavy (non-hydrogen) atoms. The molecule has 0 aromatic rings. The van der Waals surface area contributed by atoms with Crippen LogP contribution in [0.5, 0.6) is 0 Å². The first kappa shape index (κ1) is 7.28. The highest BCUT2D eigenvalue weighted by Gasteiger charge is 2.22. The molecule has 1 heterocycles. The van der Waals surface area contributed by atoms with Gasteiger partial charge >= 0.3 is 0 Å². The Bertz CT molecular complexity index is 194. The molecule has 0 aromatic carbocycles. The van der Waals surface area contributed by atoms with E-state index in [1.54, 1.807) is 6.92 Å². The van der Waals surface area contributed by atoms with Gasteiger partial charge in [0.05, 0.1) is 6.10 Å². The molecule has 0 saturated carbocycles. The highest BCUT2D eigenvalue weighted by Crippen LogP contribution is 2.13. The molecular formula is C7H11NO2. The van der Waals surface area contributed by atoms with E-state index in [2.05, 4.69) is 5.32 Å². The third-order valence-electron chi connectivity index (χ3n) is 1.64. The predicted molar refractivity (Wildman–Crippen MR) is 37.4 cm³/mol. The van der Waals surface area contributed by atoms with Gasteiger partial charge in [-0.05, 0) is 19.4 Å². The molecule has 1 unspecified atom stereocenters. The van der Waals surface area contributed by atoms with Crippen molar-refractivity contribution in [3.8, 4) is 0 Å². The van der Waals surface area contributed by atoms with Crippen LogP contribution < -0.4 is 5.32 Å². The van der Waals surface area contributed by atoms with Gasteiger partial charge in [-0.3, -0.25) is 4.79 Å². The first-order valence-corrected chi connectivity index (χ1v) is 3.29. The number of hydrogen-bond donors (Lipinski definition) is 2. The normalized spacial score (nSPS) is 21.3. The Morgan fingerprint density at radius 3 is 2.50 bits per heavy atom. The van der Waals surface area contributed by atoms with Gasteiger partial charge in [-0.1, -0.05) is 0 Å². The average Bonchev–Trinajstić information content (AvgIpc) is 2.11. The van der Waals surface area contributed by atoms with Crippen molar-refractivity contribution in [3.05, 3.63) is 11.1 Å². The largest absolute Gasteiger partial charge is 0.389 e. The van der Waals surface area contributed by atoms with Crippen LogP contribution in [0.4, 0.5) is 0 Å². The van der Waals surface area contributed by atoms with Crippen LogP contribution in [-0.2, 0) is 4.79 Å². The number of hydrogen-bond acceptors (Lipinski definition) is 2. The Balaban J connectivity index is 2.88. The minimum absolute atomic E-state index is 0.132. The number of amides is 1. The van der Waals surface area contributed by atoms with Crippen molar-refractivity contribution in [2.75, 3.05) is 6.54 Å². The second kappa shape index (κ2) is 2.42. The van der Waals surface area contributed by atoms with E-state index in [4.69, 9.17) is 5.11 Å². The molecular weight excluding hydrogens is 130 g/mol. The molecule has 0 fully saturated rings. The van der Waals surface area contributed by atoms with Crippen LogP contribution in [0.15, 0.2) is 11.1 Å². The lowest BCUT2D eigenvalue weighted by Gasteiger charge is -2.02. The fourth-order valence-electron chi connectivity index (χ4n) is 1.14. The minimum atomic E-state index is -0.637. The molecule has 1 aliphatic rings.